The van der Waals surface area contributed by atoms with E-state index in [1.807, 2.05) is 6.07 Å². The van der Waals surface area contributed by atoms with E-state index in [1.165, 1.54) is 54.6 Å². The molecule has 0 saturated carbocycles. The highest BCUT2D eigenvalue weighted by atomic mass is 35.5. The van der Waals surface area contributed by atoms with Gasteiger partial charge in [0, 0.05) is 6.54 Å². The van der Waals surface area contributed by atoms with Crippen molar-refractivity contribution in [3.63, 3.8) is 0 Å². The monoisotopic (exact) mass is 466 g/mol. The van der Waals surface area contributed by atoms with Gasteiger partial charge in [0.25, 0.3) is 0 Å². The maximum atomic E-state index is 13.1. The molecular weight excluding hydrogens is 453 g/mol. The minimum atomic E-state index is -4.59. The van der Waals surface area contributed by atoms with Crippen LogP contribution < -0.4 is 9.46 Å². The normalized spacial score (nSPS) is 11.7. The topological polar surface area (TPSA) is 79.2 Å². The lowest BCUT2D eigenvalue weighted by atomic mass is 10.1. The molecule has 0 aliphatic rings. The quantitative estimate of drug-likeness (QED) is 0.520. The Hall–Kier alpha value is -3.06. The number of hydrogen-bond acceptors (Lipinski definition) is 4. The number of rotatable bonds is 6. The fourth-order valence-electron chi connectivity index (χ4n) is 2.72. The zero-order valence-corrected chi connectivity index (χ0v) is 17.2. The molecule has 160 valence electrons. The van der Waals surface area contributed by atoms with E-state index in [4.69, 9.17) is 16.3 Å². The van der Waals surface area contributed by atoms with Gasteiger partial charge in [-0.3, -0.25) is 0 Å². The Bertz CT molecular complexity index is 1240. The second-order valence-corrected chi connectivity index (χ2v) is 8.45. The zero-order chi connectivity index (χ0) is 22.6. The van der Waals surface area contributed by atoms with Gasteiger partial charge in [0.1, 0.15) is 23.1 Å². The van der Waals surface area contributed by atoms with Crippen LogP contribution in [0.25, 0.3) is 0 Å². The van der Waals surface area contributed by atoms with Gasteiger partial charge in [-0.25, -0.2) is 13.1 Å². The molecule has 0 aromatic heterocycles. The van der Waals surface area contributed by atoms with E-state index in [9.17, 15) is 26.9 Å². The summed E-state index contributed by atoms with van der Waals surface area (Å²) in [4.78, 5) is -0.157. The highest BCUT2D eigenvalue weighted by Gasteiger charge is 2.33. The fraction of sp³-hybridized carbons (Fsp3) is 0.0952. The lowest BCUT2D eigenvalue weighted by Gasteiger charge is -2.14. The van der Waals surface area contributed by atoms with Gasteiger partial charge in [0.2, 0.25) is 10.0 Å². The standard InChI is InChI=1S/C21H14ClF3N2O3S/c22-19-6-3-7-20(17(19)12-26)30-15-8-10-16(11-9-15)31(28,29)27-13-14-4-1-2-5-18(14)21(23,24)25/h1-11,27H,13H2. The molecular formula is C21H14ClF3N2O3S. The minimum absolute atomic E-state index is 0.130. The molecule has 0 aliphatic carbocycles. The summed E-state index contributed by atoms with van der Waals surface area (Å²) >= 11 is 5.94. The summed E-state index contributed by atoms with van der Waals surface area (Å²) in [5, 5.41) is 9.39. The van der Waals surface area contributed by atoms with Crippen molar-refractivity contribution in [3.8, 4) is 17.6 Å². The smallest absolute Gasteiger partial charge is 0.416 e. The van der Waals surface area contributed by atoms with Crippen molar-refractivity contribution >= 4 is 21.6 Å². The summed E-state index contributed by atoms with van der Waals surface area (Å²) in [5.41, 5.74) is -0.967. The molecule has 0 amide bonds. The van der Waals surface area contributed by atoms with Crippen LogP contribution in [0.4, 0.5) is 13.2 Å². The highest BCUT2D eigenvalue weighted by Crippen LogP contribution is 2.32. The van der Waals surface area contributed by atoms with Crippen molar-refractivity contribution in [3.05, 3.63) is 88.4 Å². The number of nitrogens with one attached hydrogen (secondary N) is 1. The van der Waals surface area contributed by atoms with E-state index < -0.39 is 28.3 Å². The molecule has 31 heavy (non-hydrogen) atoms. The first kappa shape index (κ1) is 22.6. The van der Waals surface area contributed by atoms with Crippen molar-refractivity contribution in [2.24, 2.45) is 0 Å². The molecule has 0 aliphatic heterocycles. The Morgan fingerprint density at radius 1 is 1.00 bits per heavy atom. The zero-order valence-electron chi connectivity index (χ0n) is 15.7. The van der Waals surface area contributed by atoms with Gasteiger partial charge in [-0.2, -0.15) is 18.4 Å². The van der Waals surface area contributed by atoms with E-state index >= 15 is 0 Å². The van der Waals surface area contributed by atoms with Gasteiger partial charge >= 0.3 is 6.18 Å². The number of nitriles is 1. The van der Waals surface area contributed by atoms with Crippen LogP contribution in [-0.4, -0.2) is 8.42 Å². The summed E-state index contributed by atoms with van der Waals surface area (Å²) in [6.07, 6.45) is -4.59. The molecule has 0 fully saturated rings. The van der Waals surface area contributed by atoms with Crippen LogP contribution in [-0.2, 0) is 22.7 Å². The number of alkyl halides is 3. The summed E-state index contributed by atoms with van der Waals surface area (Å²) in [6.45, 7) is -0.524. The van der Waals surface area contributed by atoms with Crippen LogP contribution in [0.1, 0.15) is 16.7 Å². The van der Waals surface area contributed by atoms with Gasteiger partial charge in [0.05, 0.1) is 15.5 Å². The third-order valence-corrected chi connectivity index (χ3v) is 5.96. The lowest BCUT2D eigenvalue weighted by Crippen LogP contribution is -2.24. The summed E-state index contributed by atoms with van der Waals surface area (Å²) < 4.78 is 72.0. The number of benzene rings is 3. The van der Waals surface area contributed by atoms with Crippen LogP contribution in [0.15, 0.2) is 71.6 Å². The van der Waals surface area contributed by atoms with Crippen LogP contribution in [0.3, 0.4) is 0 Å². The molecule has 3 aromatic carbocycles. The van der Waals surface area contributed by atoms with Crippen molar-refractivity contribution in [1.82, 2.24) is 4.72 Å². The van der Waals surface area contributed by atoms with Crippen molar-refractivity contribution in [2.45, 2.75) is 17.6 Å². The van der Waals surface area contributed by atoms with Crippen molar-refractivity contribution < 1.29 is 26.3 Å². The lowest BCUT2D eigenvalue weighted by molar-refractivity contribution is -0.138. The first-order chi connectivity index (χ1) is 14.6. The number of hydrogen-bond donors (Lipinski definition) is 1. The van der Waals surface area contributed by atoms with Crippen LogP contribution in [0.2, 0.25) is 5.02 Å². The van der Waals surface area contributed by atoms with E-state index in [0.29, 0.717) is 0 Å². The predicted molar refractivity (Wildman–Crippen MR) is 108 cm³/mol. The predicted octanol–water partition coefficient (Wildman–Crippen LogP) is 5.50. The minimum Gasteiger partial charge on any atom is -0.456 e. The van der Waals surface area contributed by atoms with Crippen LogP contribution in [0.5, 0.6) is 11.5 Å². The summed E-state index contributed by atoms with van der Waals surface area (Å²) in [7, 11) is -4.08. The molecule has 1 N–H and O–H groups in total. The van der Waals surface area contributed by atoms with Crippen LogP contribution >= 0.6 is 11.6 Å². The van der Waals surface area contributed by atoms with E-state index in [2.05, 4.69) is 4.72 Å². The molecule has 0 bridgehead atoms. The average molecular weight is 467 g/mol. The number of nitrogens with zero attached hydrogens (tertiary/aromatic N) is 1. The molecule has 10 heteroatoms. The first-order valence-corrected chi connectivity index (χ1v) is 10.6. The van der Waals surface area contributed by atoms with Crippen molar-refractivity contribution in [1.29, 1.82) is 5.26 Å². The molecule has 0 spiro atoms. The van der Waals surface area contributed by atoms with Gasteiger partial charge in [-0.1, -0.05) is 35.9 Å². The van der Waals surface area contributed by atoms with Crippen LogP contribution in [0, 0.1) is 11.3 Å². The third kappa shape index (κ3) is 5.35. The Kier molecular flexibility index (Phi) is 6.55. The Labute approximate surface area is 181 Å². The number of sulfonamides is 1. The second kappa shape index (κ2) is 8.98. The molecule has 5 nitrogen and oxygen atoms in total. The molecule has 0 saturated heterocycles. The first-order valence-electron chi connectivity index (χ1n) is 8.73. The number of ether oxygens (including phenoxy) is 1. The second-order valence-electron chi connectivity index (χ2n) is 6.28. The molecule has 0 radical (unpaired) electrons. The Balaban J connectivity index is 1.76. The SMILES string of the molecule is N#Cc1c(Cl)cccc1Oc1ccc(S(=O)(=O)NCc2ccccc2C(F)(F)F)cc1. The van der Waals surface area contributed by atoms with E-state index in [1.54, 1.807) is 6.07 Å². The summed E-state index contributed by atoms with van der Waals surface area (Å²) in [6, 6.07) is 16.5. The maximum absolute atomic E-state index is 13.1. The number of halogens is 4. The molecule has 0 heterocycles. The largest absolute Gasteiger partial charge is 0.456 e. The van der Waals surface area contributed by atoms with E-state index in [-0.39, 0.29) is 32.5 Å². The van der Waals surface area contributed by atoms with E-state index in [0.717, 1.165) is 6.07 Å². The van der Waals surface area contributed by atoms with Gasteiger partial charge in [0.15, 0.2) is 0 Å². The van der Waals surface area contributed by atoms with Gasteiger partial charge < -0.3 is 4.74 Å². The van der Waals surface area contributed by atoms with Crippen molar-refractivity contribution in [2.75, 3.05) is 0 Å². The fourth-order valence-corrected chi connectivity index (χ4v) is 3.93. The Morgan fingerprint density at radius 3 is 2.32 bits per heavy atom. The highest BCUT2D eigenvalue weighted by molar-refractivity contribution is 7.89. The average Bonchev–Trinajstić information content (AvgIpc) is 2.72. The molecule has 0 atom stereocenters. The summed E-state index contributed by atoms with van der Waals surface area (Å²) in [5.74, 6) is 0.452. The van der Waals surface area contributed by atoms with Gasteiger partial charge in [-0.05, 0) is 48.0 Å². The maximum Gasteiger partial charge on any atom is 0.416 e. The van der Waals surface area contributed by atoms with Gasteiger partial charge in [-0.15, -0.1) is 0 Å². The molecule has 3 rings (SSSR count). The Morgan fingerprint density at radius 2 is 1.68 bits per heavy atom. The third-order valence-electron chi connectivity index (χ3n) is 4.22. The molecule has 0 unspecified atom stereocenters. The molecule has 3 aromatic rings.